The Balaban J connectivity index is 1.84. The first-order valence-electron chi connectivity index (χ1n) is 8.06. The van der Waals surface area contributed by atoms with Gasteiger partial charge in [-0.2, -0.15) is 0 Å². The summed E-state index contributed by atoms with van der Waals surface area (Å²) < 4.78 is 19.3. The van der Waals surface area contributed by atoms with Crippen molar-refractivity contribution in [1.82, 2.24) is 9.88 Å². The third-order valence-electron chi connectivity index (χ3n) is 3.92. The zero-order valence-corrected chi connectivity index (χ0v) is 14.2. The van der Waals surface area contributed by atoms with Crippen LogP contribution < -0.4 is 0 Å². The summed E-state index contributed by atoms with van der Waals surface area (Å²) in [6, 6.07) is 6.70. The van der Waals surface area contributed by atoms with Crippen LogP contribution in [0.1, 0.15) is 32.8 Å². The second-order valence-electron chi connectivity index (χ2n) is 6.90. The Morgan fingerprint density at radius 2 is 2.08 bits per heavy atom. The van der Waals surface area contributed by atoms with Crippen LogP contribution in [0.15, 0.2) is 36.5 Å². The lowest BCUT2D eigenvalue weighted by molar-refractivity contribution is 0.0270. The lowest BCUT2D eigenvalue weighted by Crippen LogP contribution is -2.39. The number of nitrogens with zero attached hydrogens (tertiary/aromatic N) is 2. The fourth-order valence-corrected chi connectivity index (χ4v) is 2.80. The van der Waals surface area contributed by atoms with E-state index in [4.69, 9.17) is 4.74 Å². The van der Waals surface area contributed by atoms with E-state index < -0.39 is 5.60 Å². The first-order valence-corrected chi connectivity index (χ1v) is 8.06. The number of halogens is 1. The van der Waals surface area contributed by atoms with Crippen molar-refractivity contribution in [2.45, 2.75) is 32.8 Å². The van der Waals surface area contributed by atoms with Gasteiger partial charge in [0.2, 0.25) is 0 Å². The van der Waals surface area contributed by atoms with Crippen LogP contribution >= 0.6 is 0 Å². The first kappa shape index (κ1) is 16.4. The molecular formula is C19H21FN2O2. The number of amides is 1. The highest BCUT2D eigenvalue weighted by molar-refractivity contribution is 5.91. The molecule has 1 aliphatic rings. The van der Waals surface area contributed by atoms with E-state index in [1.54, 1.807) is 29.3 Å². The Hall–Kier alpha value is -2.43. The quantitative estimate of drug-likeness (QED) is 0.779. The number of fused-ring (bicyclic) bond motifs is 1. The van der Waals surface area contributed by atoms with E-state index in [0.29, 0.717) is 30.4 Å². The van der Waals surface area contributed by atoms with E-state index in [2.05, 4.69) is 4.98 Å². The van der Waals surface area contributed by atoms with Gasteiger partial charge in [0.05, 0.1) is 5.52 Å². The number of pyridine rings is 1. The Labute approximate surface area is 140 Å². The van der Waals surface area contributed by atoms with Crippen molar-refractivity contribution in [3.63, 3.8) is 0 Å². The average molecular weight is 328 g/mol. The maximum absolute atomic E-state index is 13.9. The maximum atomic E-state index is 13.9. The Kier molecular flexibility index (Phi) is 4.26. The standard InChI is InChI=1S/C19H21FN2O2/c1-19(2,3)24-18(23)22-11-8-13(9-12-22)14-6-7-16(20)15-5-4-10-21-17(14)15/h4-8,10H,9,11-12H2,1-3H3. The van der Waals surface area contributed by atoms with Gasteiger partial charge in [-0.25, -0.2) is 9.18 Å². The number of rotatable bonds is 1. The van der Waals surface area contributed by atoms with Crippen molar-refractivity contribution in [2.75, 3.05) is 13.1 Å². The van der Waals surface area contributed by atoms with Crippen LogP contribution in [0.25, 0.3) is 16.5 Å². The molecular weight excluding hydrogens is 307 g/mol. The monoisotopic (exact) mass is 328 g/mol. The summed E-state index contributed by atoms with van der Waals surface area (Å²) in [7, 11) is 0. The molecule has 0 saturated carbocycles. The minimum Gasteiger partial charge on any atom is -0.444 e. The molecule has 0 saturated heterocycles. The van der Waals surface area contributed by atoms with E-state index in [0.717, 1.165) is 11.1 Å². The van der Waals surface area contributed by atoms with Gasteiger partial charge in [-0.15, -0.1) is 0 Å². The van der Waals surface area contributed by atoms with Gasteiger partial charge < -0.3 is 9.64 Å². The minimum absolute atomic E-state index is 0.270. The number of hydrogen-bond acceptors (Lipinski definition) is 3. The van der Waals surface area contributed by atoms with Gasteiger partial charge in [0, 0.05) is 30.2 Å². The van der Waals surface area contributed by atoms with E-state index in [1.807, 2.05) is 26.8 Å². The molecule has 4 nitrogen and oxygen atoms in total. The molecule has 1 aromatic carbocycles. The van der Waals surface area contributed by atoms with Crippen LogP contribution in [0, 0.1) is 5.82 Å². The fourth-order valence-electron chi connectivity index (χ4n) is 2.80. The summed E-state index contributed by atoms with van der Waals surface area (Å²) in [5, 5.41) is 0.519. The summed E-state index contributed by atoms with van der Waals surface area (Å²) in [6.45, 7) is 6.62. The van der Waals surface area contributed by atoms with E-state index in [1.165, 1.54) is 6.07 Å². The largest absolute Gasteiger partial charge is 0.444 e. The van der Waals surface area contributed by atoms with Crippen molar-refractivity contribution < 1.29 is 13.9 Å². The predicted molar refractivity (Wildman–Crippen MR) is 92.1 cm³/mol. The molecule has 0 fully saturated rings. The SMILES string of the molecule is CC(C)(C)OC(=O)N1CC=C(c2ccc(F)c3cccnc23)CC1. The Morgan fingerprint density at radius 1 is 1.29 bits per heavy atom. The maximum Gasteiger partial charge on any atom is 0.410 e. The number of hydrogen-bond donors (Lipinski definition) is 0. The Morgan fingerprint density at radius 3 is 2.75 bits per heavy atom. The second kappa shape index (κ2) is 6.23. The van der Waals surface area contributed by atoms with Crippen molar-refractivity contribution in [1.29, 1.82) is 0 Å². The molecule has 3 rings (SSSR count). The minimum atomic E-state index is -0.502. The highest BCUT2D eigenvalue weighted by atomic mass is 19.1. The van der Waals surface area contributed by atoms with Crippen LogP contribution in [-0.4, -0.2) is 34.7 Å². The molecule has 2 heterocycles. The van der Waals surface area contributed by atoms with Crippen LogP contribution in [0.3, 0.4) is 0 Å². The summed E-state index contributed by atoms with van der Waals surface area (Å²) in [6.07, 6.45) is 4.05. The third-order valence-corrected chi connectivity index (χ3v) is 3.92. The van der Waals surface area contributed by atoms with Gasteiger partial charge in [-0.1, -0.05) is 6.08 Å². The van der Waals surface area contributed by atoms with E-state index in [9.17, 15) is 9.18 Å². The summed E-state index contributed by atoms with van der Waals surface area (Å²) in [5.74, 6) is -0.270. The molecule has 0 atom stereocenters. The molecule has 0 aliphatic carbocycles. The topological polar surface area (TPSA) is 42.4 Å². The molecule has 5 heteroatoms. The van der Waals surface area contributed by atoms with Crippen molar-refractivity contribution >= 4 is 22.6 Å². The van der Waals surface area contributed by atoms with E-state index >= 15 is 0 Å². The summed E-state index contributed by atoms with van der Waals surface area (Å²) >= 11 is 0. The number of carbonyl (C=O) groups is 1. The van der Waals surface area contributed by atoms with Crippen LogP contribution in [0.2, 0.25) is 0 Å². The number of aromatic nitrogens is 1. The molecule has 126 valence electrons. The summed E-state index contributed by atoms with van der Waals surface area (Å²) in [5.41, 5.74) is 2.17. The lowest BCUT2D eigenvalue weighted by atomic mass is 9.97. The molecule has 0 bridgehead atoms. The first-order chi connectivity index (χ1) is 11.3. The van der Waals surface area contributed by atoms with Crippen molar-refractivity contribution in [3.05, 3.63) is 47.9 Å². The molecule has 1 amide bonds. The normalized spacial score (nSPS) is 15.3. The molecule has 0 N–H and O–H groups in total. The van der Waals surface area contributed by atoms with E-state index in [-0.39, 0.29) is 11.9 Å². The van der Waals surface area contributed by atoms with Crippen LogP contribution in [-0.2, 0) is 4.74 Å². The number of benzene rings is 1. The molecule has 0 radical (unpaired) electrons. The molecule has 1 aliphatic heterocycles. The molecule has 0 unspecified atom stereocenters. The molecule has 0 spiro atoms. The molecule has 1 aromatic heterocycles. The Bertz CT molecular complexity index is 809. The molecule has 2 aromatic rings. The van der Waals surface area contributed by atoms with Crippen molar-refractivity contribution in [3.8, 4) is 0 Å². The number of carbonyl (C=O) groups excluding carboxylic acids is 1. The highest BCUT2D eigenvalue weighted by Gasteiger charge is 2.24. The zero-order chi connectivity index (χ0) is 17.3. The van der Waals surface area contributed by atoms with Crippen LogP contribution in [0.5, 0.6) is 0 Å². The van der Waals surface area contributed by atoms with Gasteiger partial charge in [0.25, 0.3) is 0 Å². The predicted octanol–water partition coefficient (Wildman–Crippen LogP) is 4.40. The highest BCUT2D eigenvalue weighted by Crippen LogP contribution is 2.29. The van der Waals surface area contributed by atoms with Crippen LogP contribution in [0.4, 0.5) is 9.18 Å². The van der Waals surface area contributed by atoms with Gasteiger partial charge >= 0.3 is 6.09 Å². The zero-order valence-electron chi connectivity index (χ0n) is 14.2. The van der Waals surface area contributed by atoms with Gasteiger partial charge in [-0.05, 0) is 57.0 Å². The number of ether oxygens (including phenoxy) is 1. The lowest BCUT2D eigenvalue weighted by Gasteiger charge is -2.29. The smallest absolute Gasteiger partial charge is 0.410 e. The molecule has 24 heavy (non-hydrogen) atoms. The second-order valence-corrected chi connectivity index (χ2v) is 6.90. The van der Waals surface area contributed by atoms with Gasteiger partial charge in [-0.3, -0.25) is 4.98 Å². The van der Waals surface area contributed by atoms with Gasteiger partial charge in [0.1, 0.15) is 11.4 Å². The summed E-state index contributed by atoms with van der Waals surface area (Å²) in [4.78, 5) is 18.1. The average Bonchev–Trinajstić information content (AvgIpc) is 2.54. The van der Waals surface area contributed by atoms with Crippen molar-refractivity contribution in [2.24, 2.45) is 0 Å². The van der Waals surface area contributed by atoms with Gasteiger partial charge in [0.15, 0.2) is 0 Å². The third kappa shape index (κ3) is 3.40. The fraction of sp³-hybridized carbons (Fsp3) is 0.368.